The quantitative estimate of drug-likeness (QED) is 0.705. The Balaban J connectivity index is 2.22. The first-order chi connectivity index (χ1) is 7.16. The molecule has 0 fully saturated rings. The normalized spacial score (nSPS) is 25.1. The van der Waals surface area contributed by atoms with Crippen LogP contribution in [0.1, 0.15) is 32.6 Å². The summed E-state index contributed by atoms with van der Waals surface area (Å²) in [5, 5.41) is 2.92. The molecule has 0 spiro atoms. The third-order valence-electron chi connectivity index (χ3n) is 2.98. The summed E-state index contributed by atoms with van der Waals surface area (Å²) >= 11 is 0. The second-order valence-corrected chi connectivity index (χ2v) is 4.17. The molecule has 0 saturated carbocycles. The van der Waals surface area contributed by atoms with Gasteiger partial charge in [-0.25, -0.2) is 0 Å². The lowest BCUT2D eigenvalue weighted by molar-refractivity contribution is -0.120. The van der Waals surface area contributed by atoms with Gasteiger partial charge < -0.3 is 5.32 Å². The predicted octanol–water partition coefficient (Wildman–Crippen LogP) is 1.50. The number of hydrogen-bond acceptors (Lipinski definition) is 2. The Morgan fingerprint density at radius 1 is 1.47 bits per heavy atom. The first kappa shape index (κ1) is 10.1. The fourth-order valence-corrected chi connectivity index (χ4v) is 2.33. The average molecular weight is 205 g/mol. The second-order valence-electron chi connectivity index (χ2n) is 4.17. The van der Waals surface area contributed by atoms with Gasteiger partial charge >= 0.3 is 0 Å². The fourth-order valence-electron chi connectivity index (χ4n) is 2.33. The molecule has 2 rings (SSSR count). The van der Waals surface area contributed by atoms with E-state index in [9.17, 15) is 9.59 Å². The van der Waals surface area contributed by atoms with Gasteiger partial charge in [0, 0.05) is 13.3 Å². The molecule has 0 heterocycles. The number of nitrogens with one attached hydrogen (secondary N) is 1. The molecular weight excluding hydrogens is 190 g/mol. The maximum absolute atomic E-state index is 11.3. The zero-order chi connectivity index (χ0) is 10.8. The first-order valence-electron chi connectivity index (χ1n) is 5.37. The van der Waals surface area contributed by atoms with Crippen LogP contribution >= 0.6 is 0 Å². The number of rotatable bonds is 1. The van der Waals surface area contributed by atoms with Gasteiger partial charge in [0.25, 0.3) is 0 Å². The maximum Gasteiger partial charge on any atom is 0.217 e. The lowest BCUT2D eigenvalue weighted by Crippen LogP contribution is -2.37. The summed E-state index contributed by atoms with van der Waals surface area (Å²) in [6.07, 6.45) is 7.12. The van der Waals surface area contributed by atoms with Gasteiger partial charge in [0.15, 0.2) is 5.78 Å². The van der Waals surface area contributed by atoms with Gasteiger partial charge in [0.2, 0.25) is 5.91 Å². The SMILES string of the molecule is CC(=O)NC1CCCC2=C1CC(=O)C=C2. The third-order valence-corrected chi connectivity index (χ3v) is 2.98. The van der Waals surface area contributed by atoms with Crippen LogP contribution in [0.4, 0.5) is 0 Å². The molecule has 0 radical (unpaired) electrons. The van der Waals surface area contributed by atoms with E-state index in [1.165, 1.54) is 12.5 Å². The van der Waals surface area contributed by atoms with E-state index < -0.39 is 0 Å². The van der Waals surface area contributed by atoms with Crippen molar-refractivity contribution in [2.24, 2.45) is 0 Å². The summed E-state index contributed by atoms with van der Waals surface area (Å²) in [5.74, 6) is 0.127. The minimum atomic E-state index is -0.0178. The summed E-state index contributed by atoms with van der Waals surface area (Å²) in [6.45, 7) is 1.52. The van der Waals surface area contributed by atoms with E-state index in [2.05, 4.69) is 5.32 Å². The van der Waals surface area contributed by atoms with Gasteiger partial charge in [-0.1, -0.05) is 6.08 Å². The van der Waals surface area contributed by atoms with E-state index >= 15 is 0 Å². The lowest BCUT2D eigenvalue weighted by Gasteiger charge is -2.29. The molecule has 1 amide bonds. The van der Waals surface area contributed by atoms with Gasteiger partial charge in [-0.3, -0.25) is 9.59 Å². The van der Waals surface area contributed by atoms with Crippen molar-refractivity contribution in [1.82, 2.24) is 5.32 Å². The van der Waals surface area contributed by atoms with Gasteiger partial charge in [-0.2, -0.15) is 0 Å². The highest BCUT2D eigenvalue weighted by atomic mass is 16.1. The number of ketones is 1. The monoisotopic (exact) mass is 205 g/mol. The minimum Gasteiger partial charge on any atom is -0.350 e. The van der Waals surface area contributed by atoms with Crippen molar-refractivity contribution in [2.45, 2.75) is 38.6 Å². The van der Waals surface area contributed by atoms with Crippen molar-refractivity contribution >= 4 is 11.7 Å². The van der Waals surface area contributed by atoms with Crippen LogP contribution in [-0.4, -0.2) is 17.7 Å². The summed E-state index contributed by atoms with van der Waals surface area (Å²) < 4.78 is 0. The molecule has 15 heavy (non-hydrogen) atoms. The zero-order valence-electron chi connectivity index (χ0n) is 8.88. The Bertz CT molecular complexity index is 366. The first-order valence-corrected chi connectivity index (χ1v) is 5.37. The Morgan fingerprint density at radius 3 is 3.00 bits per heavy atom. The highest BCUT2D eigenvalue weighted by Gasteiger charge is 2.25. The van der Waals surface area contributed by atoms with Crippen molar-refractivity contribution in [3.05, 3.63) is 23.3 Å². The molecular formula is C12H15NO2. The van der Waals surface area contributed by atoms with Crippen LogP contribution in [0.5, 0.6) is 0 Å². The Morgan fingerprint density at radius 2 is 2.27 bits per heavy atom. The van der Waals surface area contributed by atoms with Crippen LogP contribution in [-0.2, 0) is 9.59 Å². The molecule has 2 aliphatic carbocycles. The molecule has 0 saturated heterocycles. The molecule has 0 aromatic carbocycles. The summed E-state index contributed by atoms with van der Waals surface area (Å²) in [7, 11) is 0. The molecule has 1 unspecified atom stereocenters. The van der Waals surface area contributed by atoms with E-state index in [0.29, 0.717) is 6.42 Å². The summed E-state index contributed by atoms with van der Waals surface area (Å²) in [6, 6.07) is 0.0835. The van der Waals surface area contributed by atoms with E-state index in [4.69, 9.17) is 0 Å². The topological polar surface area (TPSA) is 46.2 Å². The number of amides is 1. The van der Waals surface area contributed by atoms with E-state index in [-0.39, 0.29) is 17.7 Å². The van der Waals surface area contributed by atoms with Gasteiger partial charge in [-0.05, 0) is 36.5 Å². The number of allylic oxidation sites excluding steroid dienone is 3. The summed E-state index contributed by atoms with van der Waals surface area (Å²) in [4.78, 5) is 22.3. The molecule has 0 bridgehead atoms. The van der Waals surface area contributed by atoms with Crippen molar-refractivity contribution in [3.63, 3.8) is 0 Å². The van der Waals surface area contributed by atoms with Crippen LogP contribution in [0.2, 0.25) is 0 Å². The molecule has 0 aliphatic heterocycles. The van der Waals surface area contributed by atoms with E-state index in [1.807, 2.05) is 6.08 Å². The smallest absolute Gasteiger partial charge is 0.217 e. The van der Waals surface area contributed by atoms with Crippen molar-refractivity contribution in [2.75, 3.05) is 0 Å². The minimum absolute atomic E-state index is 0.0178. The number of carbonyl (C=O) groups excluding carboxylic acids is 2. The predicted molar refractivity (Wildman–Crippen MR) is 57.2 cm³/mol. The van der Waals surface area contributed by atoms with Gasteiger partial charge in [-0.15, -0.1) is 0 Å². The molecule has 1 atom stereocenters. The molecule has 80 valence electrons. The van der Waals surface area contributed by atoms with Crippen molar-refractivity contribution in [1.29, 1.82) is 0 Å². The summed E-state index contributed by atoms with van der Waals surface area (Å²) in [5.41, 5.74) is 2.38. The third kappa shape index (κ3) is 2.17. The van der Waals surface area contributed by atoms with Gasteiger partial charge in [0.1, 0.15) is 0 Å². The standard InChI is InChI=1S/C12H15NO2/c1-8(14)13-12-4-2-3-9-5-6-10(15)7-11(9)12/h5-6,12H,2-4,7H2,1H3,(H,13,14). The molecule has 1 N–H and O–H groups in total. The maximum atomic E-state index is 11.3. The molecule has 0 aromatic heterocycles. The molecule has 3 nitrogen and oxygen atoms in total. The zero-order valence-corrected chi connectivity index (χ0v) is 8.88. The lowest BCUT2D eigenvalue weighted by atomic mass is 9.82. The highest BCUT2D eigenvalue weighted by Crippen LogP contribution is 2.31. The average Bonchev–Trinajstić information content (AvgIpc) is 2.18. The fraction of sp³-hybridized carbons (Fsp3) is 0.500. The Hall–Kier alpha value is -1.38. The highest BCUT2D eigenvalue weighted by molar-refractivity contribution is 5.94. The van der Waals surface area contributed by atoms with Crippen LogP contribution in [0.15, 0.2) is 23.3 Å². The Kier molecular flexibility index (Phi) is 2.71. The molecule has 0 aromatic rings. The number of hydrogen-bond donors (Lipinski definition) is 1. The molecule has 2 aliphatic rings. The van der Waals surface area contributed by atoms with Crippen LogP contribution < -0.4 is 5.32 Å². The Labute approximate surface area is 89.2 Å². The van der Waals surface area contributed by atoms with Crippen LogP contribution in [0, 0.1) is 0 Å². The largest absolute Gasteiger partial charge is 0.350 e. The van der Waals surface area contributed by atoms with Gasteiger partial charge in [0.05, 0.1) is 6.04 Å². The second kappa shape index (κ2) is 4.01. The van der Waals surface area contributed by atoms with E-state index in [1.54, 1.807) is 6.08 Å². The van der Waals surface area contributed by atoms with Crippen molar-refractivity contribution < 1.29 is 9.59 Å². The number of carbonyl (C=O) groups is 2. The van der Waals surface area contributed by atoms with Crippen LogP contribution in [0.3, 0.4) is 0 Å². The van der Waals surface area contributed by atoms with E-state index in [0.717, 1.165) is 24.8 Å². The van der Waals surface area contributed by atoms with Crippen molar-refractivity contribution in [3.8, 4) is 0 Å². The molecule has 3 heteroatoms. The van der Waals surface area contributed by atoms with Crippen LogP contribution in [0.25, 0.3) is 0 Å².